The minimum Gasteiger partial charge on any atom is -0.473 e. The molecule has 0 aliphatic heterocycles. The second-order valence-corrected chi connectivity index (χ2v) is 8.56. The van der Waals surface area contributed by atoms with Crippen LogP contribution in [0.3, 0.4) is 0 Å². The van der Waals surface area contributed by atoms with Crippen LogP contribution in [0.5, 0.6) is 11.6 Å². The van der Waals surface area contributed by atoms with Crippen molar-refractivity contribution in [3.63, 3.8) is 0 Å². The minimum absolute atomic E-state index is 0.0934. The molecule has 0 saturated heterocycles. The van der Waals surface area contributed by atoms with E-state index in [1.54, 1.807) is 13.8 Å². The molecule has 3 aromatic rings. The zero-order valence-corrected chi connectivity index (χ0v) is 20.8. The van der Waals surface area contributed by atoms with Crippen molar-refractivity contribution in [3.8, 4) is 23.1 Å². The molecule has 1 aliphatic carbocycles. The van der Waals surface area contributed by atoms with Gasteiger partial charge in [-0.25, -0.2) is 14.8 Å². The second-order valence-electron chi connectivity index (χ2n) is 8.56. The van der Waals surface area contributed by atoms with Gasteiger partial charge in [0.25, 0.3) is 5.69 Å². The first-order chi connectivity index (χ1) is 18.3. The molecule has 0 radical (unpaired) electrons. The third kappa shape index (κ3) is 6.60. The first kappa shape index (κ1) is 26.5. The van der Waals surface area contributed by atoms with Gasteiger partial charge in [0, 0.05) is 12.1 Å². The van der Waals surface area contributed by atoms with Crippen LogP contribution in [0.15, 0.2) is 41.2 Å². The lowest BCUT2D eigenvalue weighted by atomic mass is 9.87. The van der Waals surface area contributed by atoms with Gasteiger partial charge in [-0.3, -0.25) is 14.9 Å². The molecule has 0 bridgehead atoms. The Morgan fingerprint density at radius 1 is 1.13 bits per heavy atom. The molecule has 38 heavy (non-hydrogen) atoms. The van der Waals surface area contributed by atoms with Crippen molar-refractivity contribution < 1.29 is 38.0 Å². The molecule has 13 heteroatoms. The predicted octanol–water partition coefficient (Wildman–Crippen LogP) is 4.56. The molecule has 1 aromatic carbocycles. The number of benzene rings is 1. The molecule has 0 amide bonds. The molecule has 2 atom stereocenters. The number of carbonyl (C=O) groups excluding carboxylic acids is 2. The van der Waals surface area contributed by atoms with E-state index in [1.165, 1.54) is 36.7 Å². The van der Waals surface area contributed by atoms with E-state index in [0.29, 0.717) is 35.9 Å². The van der Waals surface area contributed by atoms with E-state index >= 15 is 0 Å². The summed E-state index contributed by atoms with van der Waals surface area (Å²) in [4.78, 5) is 43.0. The third-order valence-electron chi connectivity index (χ3n) is 5.96. The Morgan fingerprint density at radius 2 is 1.92 bits per heavy atom. The zero-order valence-electron chi connectivity index (χ0n) is 20.8. The Hall–Kier alpha value is -4.55. The first-order valence-electron chi connectivity index (χ1n) is 12.0. The molecule has 0 N–H and O–H groups in total. The number of aromatic nitrogens is 3. The number of aryl methyl sites for hydroxylation is 1. The lowest BCUT2D eigenvalue weighted by Crippen LogP contribution is -2.31. The van der Waals surface area contributed by atoms with Crippen molar-refractivity contribution in [2.75, 3.05) is 6.61 Å². The number of nitrogens with zero attached hydrogens (tertiary/aromatic N) is 4. The molecule has 4 rings (SSSR count). The second kappa shape index (κ2) is 12.1. The summed E-state index contributed by atoms with van der Waals surface area (Å²) in [5, 5.41) is 14.7. The van der Waals surface area contributed by atoms with Crippen molar-refractivity contribution in [2.45, 2.75) is 52.2 Å². The summed E-state index contributed by atoms with van der Waals surface area (Å²) in [6.45, 7) is 3.60. The molecular formula is C25H26N4O9. The third-order valence-corrected chi connectivity index (χ3v) is 5.96. The topological polar surface area (TPSA) is 166 Å². The van der Waals surface area contributed by atoms with Crippen LogP contribution >= 0.6 is 0 Å². The summed E-state index contributed by atoms with van der Waals surface area (Å²) in [6.07, 6.45) is 4.73. The van der Waals surface area contributed by atoms with Crippen LogP contribution in [0.1, 0.15) is 43.9 Å². The molecule has 1 aliphatic rings. The average molecular weight is 527 g/mol. The largest absolute Gasteiger partial charge is 0.514 e. The summed E-state index contributed by atoms with van der Waals surface area (Å²) in [6, 6.07) is 5.01. The molecule has 1 fully saturated rings. The van der Waals surface area contributed by atoms with Crippen molar-refractivity contribution >= 4 is 17.8 Å². The van der Waals surface area contributed by atoms with Crippen LogP contribution in [-0.2, 0) is 20.9 Å². The molecule has 200 valence electrons. The number of rotatable bonds is 9. The standard InChI is InChI=1S/C25H26N4O9/c1-3-34-24(30)16-5-4-6-19(11-16)36-22-13-26-21(12-27-22)23-20(15(2)28-38-23)14-35-25(31)37-18-9-7-17(8-10-18)29(32)33/h7-10,12-13,16,19H,3-6,11,14H2,1-2H3. The van der Waals surface area contributed by atoms with Gasteiger partial charge in [-0.15, -0.1) is 0 Å². The lowest BCUT2D eigenvalue weighted by molar-refractivity contribution is -0.384. The van der Waals surface area contributed by atoms with Gasteiger partial charge in [-0.2, -0.15) is 0 Å². The number of hydrogen-bond acceptors (Lipinski definition) is 12. The monoisotopic (exact) mass is 526 g/mol. The van der Waals surface area contributed by atoms with E-state index in [1.807, 2.05) is 0 Å². The normalized spacial score (nSPS) is 16.9. The van der Waals surface area contributed by atoms with Gasteiger partial charge in [-0.1, -0.05) is 5.16 Å². The van der Waals surface area contributed by atoms with E-state index < -0.39 is 11.1 Å². The van der Waals surface area contributed by atoms with Crippen molar-refractivity contribution in [1.29, 1.82) is 0 Å². The quantitative estimate of drug-likeness (QED) is 0.165. The highest BCUT2D eigenvalue weighted by atomic mass is 16.7. The summed E-state index contributed by atoms with van der Waals surface area (Å²) in [5.74, 6) is 0.284. The predicted molar refractivity (Wildman–Crippen MR) is 129 cm³/mol. The number of carbonyl (C=O) groups is 2. The van der Waals surface area contributed by atoms with Gasteiger partial charge < -0.3 is 23.5 Å². The summed E-state index contributed by atoms with van der Waals surface area (Å²) < 4.78 is 26.7. The SMILES string of the molecule is CCOC(=O)C1CCCC(Oc2cnc(-c3onc(C)c3COC(=O)Oc3ccc([N+](=O)[O-])cc3)cn2)C1. The fraction of sp³-hybridized carbons (Fsp3) is 0.400. The molecule has 2 aromatic heterocycles. The van der Waals surface area contributed by atoms with Gasteiger partial charge in [0.1, 0.15) is 24.2 Å². The van der Waals surface area contributed by atoms with Gasteiger partial charge in [-0.05, 0) is 51.7 Å². The minimum atomic E-state index is -1.01. The molecule has 1 saturated carbocycles. The molecule has 2 heterocycles. The van der Waals surface area contributed by atoms with E-state index in [4.69, 9.17) is 23.5 Å². The van der Waals surface area contributed by atoms with Crippen LogP contribution in [0, 0.1) is 23.0 Å². The van der Waals surface area contributed by atoms with Crippen LogP contribution < -0.4 is 9.47 Å². The van der Waals surface area contributed by atoms with E-state index in [9.17, 15) is 19.7 Å². The van der Waals surface area contributed by atoms with Crippen LogP contribution in [0.4, 0.5) is 10.5 Å². The van der Waals surface area contributed by atoms with Gasteiger partial charge >= 0.3 is 12.1 Å². The van der Waals surface area contributed by atoms with Crippen molar-refractivity contribution in [2.24, 2.45) is 5.92 Å². The number of esters is 1. The Labute approximate surface area is 217 Å². The fourth-order valence-corrected chi connectivity index (χ4v) is 4.04. The molecular weight excluding hydrogens is 500 g/mol. The maximum atomic E-state index is 12.1. The van der Waals surface area contributed by atoms with Gasteiger partial charge in [0.15, 0.2) is 5.76 Å². The molecule has 13 nitrogen and oxygen atoms in total. The van der Waals surface area contributed by atoms with E-state index in [2.05, 4.69) is 15.1 Å². The lowest BCUT2D eigenvalue weighted by Gasteiger charge is -2.27. The highest BCUT2D eigenvalue weighted by Gasteiger charge is 2.30. The summed E-state index contributed by atoms with van der Waals surface area (Å²) >= 11 is 0. The molecule has 2 unspecified atom stereocenters. The summed E-state index contributed by atoms with van der Waals surface area (Å²) in [7, 11) is 0. The van der Waals surface area contributed by atoms with Gasteiger partial charge in [0.05, 0.1) is 41.1 Å². The van der Waals surface area contributed by atoms with Gasteiger partial charge in [0.2, 0.25) is 5.88 Å². The van der Waals surface area contributed by atoms with Crippen LogP contribution in [-0.4, -0.2) is 44.9 Å². The summed E-state index contributed by atoms with van der Waals surface area (Å²) in [5.41, 5.74) is 1.18. The zero-order chi connectivity index (χ0) is 27.1. The Bertz CT molecular complexity index is 1270. The Kier molecular flexibility index (Phi) is 8.46. The van der Waals surface area contributed by atoms with Crippen LogP contribution in [0.2, 0.25) is 0 Å². The smallest absolute Gasteiger partial charge is 0.473 e. The highest BCUT2D eigenvalue weighted by Crippen LogP contribution is 2.29. The number of nitro benzene ring substituents is 1. The number of non-ortho nitro benzene ring substituents is 1. The van der Waals surface area contributed by atoms with Crippen LogP contribution in [0.25, 0.3) is 11.5 Å². The maximum absolute atomic E-state index is 12.1. The average Bonchev–Trinajstić information content (AvgIpc) is 3.28. The Morgan fingerprint density at radius 3 is 2.61 bits per heavy atom. The van der Waals surface area contributed by atoms with Crippen molar-refractivity contribution in [3.05, 3.63) is 58.0 Å². The molecule has 0 spiro atoms. The maximum Gasteiger partial charge on any atom is 0.514 e. The number of hydrogen-bond donors (Lipinski definition) is 0. The van der Waals surface area contributed by atoms with E-state index in [-0.39, 0.29) is 41.8 Å². The fourth-order valence-electron chi connectivity index (χ4n) is 4.04. The highest BCUT2D eigenvalue weighted by molar-refractivity contribution is 5.72. The van der Waals surface area contributed by atoms with Crippen molar-refractivity contribution in [1.82, 2.24) is 15.1 Å². The first-order valence-corrected chi connectivity index (χ1v) is 12.0. The number of ether oxygens (including phenoxy) is 4. The number of nitro groups is 1. The van der Waals surface area contributed by atoms with E-state index in [0.717, 1.165) is 19.3 Å². The Balaban J connectivity index is 1.35.